The lowest BCUT2D eigenvalue weighted by atomic mass is 10.2. The Labute approximate surface area is 150 Å². The topological polar surface area (TPSA) is 47.6 Å². The fourth-order valence-electron chi connectivity index (χ4n) is 2.44. The first-order chi connectivity index (χ1) is 12.0. The van der Waals surface area contributed by atoms with Crippen LogP contribution in [0.1, 0.15) is 38.3 Å². The molecule has 0 aliphatic carbocycles. The molecule has 0 aromatic heterocycles. The van der Waals surface area contributed by atoms with Gasteiger partial charge in [0.05, 0.1) is 6.10 Å². The van der Waals surface area contributed by atoms with E-state index in [0.717, 1.165) is 22.6 Å². The lowest BCUT2D eigenvalue weighted by Crippen LogP contribution is -2.37. The van der Waals surface area contributed by atoms with E-state index in [9.17, 15) is 4.79 Å². The van der Waals surface area contributed by atoms with E-state index in [1.54, 1.807) is 0 Å². The van der Waals surface area contributed by atoms with Crippen LogP contribution in [0.5, 0.6) is 11.5 Å². The average Bonchev–Trinajstić information content (AvgIpc) is 2.58. The number of ether oxygens (including phenoxy) is 2. The molecule has 0 spiro atoms. The van der Waals surface area contributed by atoms with Gasteiger partial charge in [-0.05, 0) is 62.6 Å². The number of hydrogen-bond acceptors (Lipinski definition) is 3. The molecule has 2 aromatic rings. The van der Waals surface area contributed by atoms with Crippen molar-refractivity contribution in [2.75, 3.05) is 0 Å². The summed E-state index contributed by atoms with van der Waals surface area (Å²) in [5.41, 5.74) is 2.13. The highest BCUT2D eigenvalue weighted by molar-refractivity contribution is 5.81. The van der Waals surface area contributed by atoms with Crippen molar-refractivity contribution in [3.8, 4) is 11.5 Å². The van der Waals surface area contributed by atoms with E-state index in [0.29, 0.717) is 13.0 Å². The molecule has 0 aliphatic heterocycles. The first-order valence-electron chi connectivity index (χ1n) is 8.74. The molecule has 1 atom stereocenters. The van der Waals surface area contributed by atoms with E-state index in [2.05, 4.69) is 5.32 Å². The second-order valence-electron chi connectivity index (χ2n) is 6.36. The fourth-order valence-corrected chi connectivity index (χ4v) is 2.44. The third-order valence-corrected chi connectivity index (χ3v) is 3.69. The van der Waals surface area contributed by atoms with Crippen molar-refractivity contribution in [3.05, 3.63) is 59.7 Å². The van der Waals surface area contributed by atoms with Gasteiger partial charge in [0.1, 0.15) is 11.5 Å². The molecule has 0 heterocycles. The quantitative estimate of drug-likeness (QED) is 0.780. The lowest BCUT2D eigenvalue weighted by molar-refractivity contribution is -0.128. The number of carbonyl (C=O) groups is 1. The summed E-state index contributed by atoms with van der Waals surface area (Å²) in [6, 6.07) is 15.5. The van der Waals surface area contributed by atoms with E-state index in [1.807, 2.05) is 76.2 Å². The van der Waals surface area contributed by atoms with Gasteiger partial charge >= 0.3 is 0 Å². The van der Waals surface area contributed by atoms with Gasteiger partial charge in [-0.1, -0.05) is 31.2 Å². The van der Waals surface area contributed by atoms with E-state index in [-0.39, 0.29) is 12.0 Å². The fraction of sp³-hybridized carbons (Fsp3) is 0.381. The minimum atomic E-state index is -0.495. The van der Waals surface area contributed by atoms with E-state index >= 15 is 0 Å². The van der Waals surface area contributed by atoms with Gasteiger partial charge in [0.2, 0.25) is 0 Å². The molecule has 1 amide bonds. The zero-order valence-corrected chi connectivity index (χ0v) is 15.4. The normalized spacial score (nSPS) is 11.9. The van der Waals surface area contributed by atoms with Crippen LogP contribution in [-0.2, 0) is 11.3 Å². The van der Waals surface area contributed by atoms with Crippen LogP contribution in [0, 0.1) is 6.92 Å². The summed E-state index contributed by atoms with van der Waals surface area (Å²) in [7, 11) is 0. The molecule has 4 nitrogen and oxygen atoms in total. The maximum absolute atomic E-state index is 12.4. The lowest BCUT2D eigenvalue weighted by Gasteiger charge is -2.17. The maximum atomic E-state index is 12.4. The highest BCUT2D eigenvalue weighted by Crippen LogP contribution is 2.16. The predicted molar refractivity (Wildman–Crippen MR) is 99.9 cm³/mol. The van der Waals surface area contributed by atoms with Crippen molar-refractivity contribution >= 4 is 5.91 Å². The number of aryl methyl sites for hydroxylation is 1. The predicted octanol–water partition coefficient (Wildman–Crippen LogP) is 4.26. The Kier molecular flexibility index (Phi) is 6.87. The van der Waals surface area contributed by atoms with Crippen molar-refractivity contribution < 1.29 is 14.3 Å². The molecule has 2 rings (SSSR count). The van der Waals surface area contributed by atoms with E-state index in [4.69, 9.17) is 9.47 Å². The Balaban J connectivity index is 1.89. The van der Waals surface area contributed by atoms with Gasteiger partial charge in [-0.25, -0.2) is 0 Å². The van der Waals surface area contributed by atoms with Crippen LogP contribution in [0.4, 0.5) is 0 Å². The average molecular weight is 341 g/mol. The van der Waals surface area contributed by atoms with Crippen molar-refractivity contribution in [1.29, 1.82) is 0 Å². The third-order valence-electron chi connectivity index (χ3n) is 3.69. The molecule has 0 unspecified atom stereocenters. The minimum Gasteiger partial charge on any atom is -0.491 e. The molecular formula is C21H27NO3. The minimum absolute atomic E-state index is 0.105. The Bertz CT molecular complexity index is 680. The molecule has 2 aromatic carbocycles. The molecule has 1 N–H and O–H groups in total. The van der Waals surface area contributed by atoms with Gasteiger partial charge in [-0.3, -0.25) is 4.79 Å². The van der Waals surface area contributed by atoms with Crippen LogP contribution in [0.15, 0.2) is 48.5 Å². The summed E-state index contributed by atoms with van der Waals surface area (Å²) >= 11 is 0. The second kappa shape index (κ2) is 9.11. The summed E-state index contributed by atoms with van der Waals surface area (Å²) in [5, 5.41) is 2.94. The summed E-state index contributed by atoms with van der Waals surface area (Å²) in [6.45, 7) is 8.40. The van der Waals surface area contributed by atoms with Gasteiger partial charge in [-0.2, -0.15) is 0 Å². The van der Waals surface area contributed by atoms with Crippen LogP contribution in [-0.4, -0.2) is 18.1 Å². The number of hydrogen-bond donors (Lipinski definition) is 1. The monoisotopic (exact) mass is 341 g/mol. The molecule has 0 fully saturated rings. The van der Waals surface area contributed by atoms with Gasteiger partial charge in [0.15, 0.2) is 6.10 Å². The Morgan fingerprint density at radius 1 is 1.04 bits per heavy atom. The molecule has 0 saturated carbocycles. The van der Waals surface area contributed by atoms with Crippen molar-refractivity contribution in [3.63, 3.8) is 0 Å². The SMILES string of the molecule is CC[C@H](Oc1cccc(C)c1)C(=O)NCc1ccc(OC(C)C)cc1. The summed E-state index contributed by atoms with van der Waals surface area (Å²) in [5.74, 6) is 1.45. The summed E-state index contributed by atoms with van der Waals surface area (Å²) in [6.07, 6.45) is 0.265. The number of nitrogens with one attached hydrogen (secondary N) is 1. The molecule has 134 valence electrons. The zero-order chi connectivity index (χ0) is 18.2. The van der Waals surface area contributed by atoms with Crippen LogP contribution >= 0.6 is 0 Å². The Hall–Kier alpha value is -2.49. The highest BCUT2D eigenvalue weighted by Gasteiger charge is 2.18. The van der Waals surface area contributed by atoms with Crippen LogP contribution < -0.4 is 14.8 Å². The van der Waals surface area contributed by atoms with Crippen LogP contribution in [0.2, 0.25) is 0 Å². The van der Waals surface area contributed by atoms with Gasteiger partial charge in [-0.15, -0.1) is 0 Å². The molecule has 0 aliphatic rings. The van der Waals surface area contributed by atoms with Crippen LogP contribution in [0.25, 0.3) is 0 Å². The number of amides is 1. The number of benzene rings is 2. The smallest absolute Gasteiger partial charge is 0.261 e. The van der Waals surface area contributed by atoms with E-state index in [1.165, 1.54) is 0 Å². The van der Waals surface area contributed by atoms with Crippen molar-refractivity contribution in [2.45, 2.75) is 52.9 Å². The first kappa shape index (κ1) is 18.8. The molecular weight excluding hydrogens is 314 g/mol. The van der Waals surface area contributed by atoms with Gasteiger partial charge < -0.3 is 14.8 Å². The zero-order valence-electron chi connectivity index (χ0n) is 15.4. The van der Waals surface area contributed by atoms with Gasteiger partial charge in [0, 0.05) is 6.54 Å². The van der Waals surface area contributed by atoms with E-state index < -0.39 is 6.10 Å². The second-order valence-corrected chi connectivity index (χ2v) is 6.36. The highest BCUT2D eigenvalue weighted by atomic mass is 16.5. The molecule has 0 radical (unpaired) electrons. The summed E-state index contributed by atoms with van der Waals surface area (Å²) < 4.78 is 11.4. The standard InChI is InChI=1S/C21H27NO3/c1-5-20(25-19-8-6-7-16(4)13-19)21(23)22-14-17-9-11-18(12-10-17)24-15(2)3/h6-13,15,20H,5,14H2,1-4H3,(H,22,23)/t20-/m0/s1. The molecule has 0 saturated heterocycles. The third kappa shape index (κ3) is 6.14. The first-order valence-corrected chi connectivity index (χ1v) is 8.74. The van der Waals surface area contributed by atoms with Crippen LogP contribution in [0.3, 0.4) is 0 Å². The van der Waals surface area contributed by atoms with Crippen molar-refractivity contribution in [2.24, 2.45) is 0 Å². The largest absolute Gasteiger partial charge is 0.491 e. The molecule has 25 heavy (non-hydrogen) atoms. The molecule has 0 bridgehead atoms. The maximum Gasteiger partial charge on any atom is 0.261 e. The van der Waals surface area contributed by atoms with Crippen molar-refractivity contribution in [1.82, 2.24) is 5.32 Å². The van der Waals surface area contributed by atoms with Gasteiger partial charge in [0.25, 0.3) is 5.91 Å². The molecule has 4 heteroatoms. The number of rotatable bonds is 8. The number of carbonyl (C=O) groups excluding carboxylic acids is 1. The summed E-state index contributed by atoms with van der Waals surface area (Å²) in [4.78, 5) is 12.4. The Morgan fingerprint density at radius 2 is 1.76 bits per heavy atom. The Morgan fingerprint density at radius 3 is 2.36 bits per heavy atom.